The SMILES string of the molecule is Cc1cc(C)c(-c2cc(C)c(F)c(C(CC(=O)O)NC(=O)C(CC(C)C)n3cc(CCN4CC(F)C4)ccc3=O)c2)c(C)c1. The maximum Gasteiger partial charge on any atom is 0.305 e. The summed E-state index contributed by atoms with van der Waals surface area (Å²) in [6.07, 6.45) is 1.21. The summed E-state index contributed by atoms with van der Waals surface area (Å²) in [4.78, 5) is 40.9. The van der Waals surface area contributed by atoms with E-state index in [4.69, 9.17) is 0 Å². The highest BCUT2D eigenvalue weighted by Gasteiger charge is 2.30. The first-order valence-electron chi connectivity index (χ1n) is 15.2. The number of hydrogen-bond donors (Lipinski definition) is 2. The van der Waals surface area contributed by atoms with Gasteiger partial charge in [-0.1, -0.05) is 37.6 Å². The summed E-state index contributed by atoms with van der Waals surface area (Å²) in [6.45, 7) is 12.9. The number of hydrogen-bond acceptors (Lipinski definition) is 4. The lowest BCUT2D eigenvalue weighted by molar-refractivity contribution is -0.138. The highest BCUT2D eigenvalue weighted by molar-refractivity contribution is 5.82. The topological polar surface area (TPSA) is 91.6 Å². The van der Waals surface area contributed by atoms with Gasteiger partial charge in [-0.15, -0.1) is 0 Å². The Balaban J connectivity index is 1.69. The zero-order chi connectivity index (χ0) is 32.3. The van der Waals surface area contributed by atoms with Crippen LogP contribution in [0.3, 0.4) is 0 Å². The number of carbonyl (C=O) groups excluding carboxylic acids is 1. The quantitative estimate of drug-likeness (QED) is 0.264. The molecule has 2 N–H and O–H groups in total. The van der Waals surface area contributed by atoms with E-state index < -0.39 is 42.4 Å². The van der Waals surface area contributed by atoms with Crippen LogP contribution in [0.5, 0.6) is 0 Å². The van der Waals surface area contributed by atoms with Crippen molar-refractivity contribution in [2.75, 3.05) is 19.6 Å². The fourth-order valence-electron chi connectivity index (χ4n) is 6.22. The van der Waals surface area contributed by atoms with Gasteiger partial charge in [-0.05, 0) is 92.0 Å². The lowest BCUT2D eigenvalue weighted by atomic mass is 9.89. The van der Waals surface area contributed by atoms with Gasteiger partial charge in [0.15, 0.2) is 0 Å². The number of carboxylic acid groups (broad SMARTS) is 1. The van der Waals surface area contributed by atoms with Crippen LogP contribution in [-0.2, 0) is 16.0 Å². The van der Waals surface area contributed by atoms with Crippen LogP contribution >= 0.6 is 0 Å². The summed E-state index contributed by atoms with van der Waals surface area (Å²) >= 11 is 0. The fourth-order valence-corrected chi connectivity index (χ4v) is 6.22. The van der Waals surface area contributed by atoms with E-state index in [2.05, 4.69) is 5.32 Å². The van der Waals surface area contributed by atoms with E-state index in [1.165, 1.54) is 10.6 Å². The number of nitrogens with one attached hydrogen (secondary N) is 1. The Morgan fingerprint density at radius 1 is 1.02 bits per heavy atom. The smallest absolute Gasteiger partial charge is 0.305 e. The molecular weight excluding hydrogens is 564 g/mol. The Kier molecular flexibility index (Phi) is 10.4. The molecule has 0 saturated carbocycles. The molecule has 4 rings (SSSR count). The van der Waals surface area contributed by atoms with Gasteiger partial charge in [-0.25, -0.2) is 8.78 Å². The van der Waals surface area contributed by atoms with Crippen molar-refractivity contribution in [1.29, 1.82) is 0 Å². The van der Waals surface area contributed by atoms with Crippen molar-refractivity contribution in [3.8, 4) is 11.1 Å². The fraction of sp³-hybridized carbons (Fsp3) is 0.457. The van der Waals surface area contributed by atoms with E-state index in [0.717, 1.165) is 33.4 Å². The van der Waals surface area contributed by atoms with Gasteiger partial charge in [-0.3, -0.25) is 19.3 Å². The second-order valence-corrected chi connectivity index (χ2v) is 12.7. The van der Waals surface area contributed by atoms with Crippen LogP contribution in [-0.4, -0.2) is 52.3 Å². The molecule has 1 amide bonds. The first-order chi connectivity index (χ1) is 20.7. The summed E-state index contributed by atoms with van der Waals surface area (Å²) in [5.41, 5.74) is 5.67. The molecule has 1 aliphatic heterocycles. The Morgan fingerprint density at radius 2 is 1.68 bits per heavy atom. The normalized spacial score (nSPS) is 15.2. The van der Waals surface area contributed by atoms with Gasteiger partial charge >= 0.3 is 5.97 Å². The van der Waals surface area contributed by atoms with Crippen LogP contribution in [0.15, 0.2) is 47.4 Å². The van der Waals surface area contributed by atoms with E-state index in [-0.39, 0.29) is 17.0 Å². The molecule has 1 aliphatic rings. The highest BCUT2D eigenvalue weighted by Crippen LogP contribution is 2.34. The Morgan fingerprint density at radius 3 is 2.27 bits per heavy atom. The molecule has 1 saturated heterocycles. The molecule has 7 nitrogen and oxygen atoms in total. The molecule has 2 atom stereocenters. The Bertz CT molecular complexity index is 1570. The predicted molar refractivity (Wildman–Crippen MR) is 168 cm³/mol. The number of carbonyl (C=O) groups is 2. The number of aliphatic carboxylic acids is 1. The minimum Gasteiger partial charge on any atom is -0.481 e. The number of amides is 1. The predicted octanol–water partition coefficient (Wildman–Crippen LogP) is 6.00. The number of aromatic nitrogens is 1. The van der Waals surface area contributed by atoms with Crippen LogP contribution in [0.1, 0.15) is 72.2 Å². The molecule has 3 aromatic rings. The van der Waals surface area contributed by atoms with Crippen molar-refractivity contribution in [3.05, 3.63) is 92.1 Å². The van der Waals surface area contributed by atoms with Gasteiger partial charge < -0.3 is 15.0 Å². The first-order valence-corrected chi connectivity index (χ1v) is 15.2. The molecule has 2 unspecified atom stereocenters. The summed E-state index contributed by atoms with van der Waals surface area (Å²) in [5, 5.41) is 12.6. The van der Waals surface area contributed by atoms with E-state index in [1.54, 1.807) is 31.3 Å². The largest absolute Gasteiger partial charge is 0.481 e. The van der Waals surface area contributed by atoms with Gasteiger partial charge in [0.1, 0.15) is 18.0 Å². The first kappa shape index (κ1) is 33.1. The summed E-state index contributed by atoms with van der Waals surface area (Å²) < 4.78 is 30.4. The third-order valence-corrected chi connectivity index (χ3v) is 8.28. The van der Waals surface area contributed by atoms with Gasteiger partial charge in [0, 0.05) is 37.5 Å². The third kappa shape index (κ3) is 7.80. The number of alkyl halides is 1. The molecule has 2 aromatic carbocycles. The number of pyridine rings is 1. The number of halogens is 2. The van der Waals surface area contributed by atoms with Crippen LogP contribution in [0, 0.1) is 39.4 Å². The lowest BCUT2D eigenvalue weighted by Crippen LogP contribution is -2.49. The van der Waals surface area contributed by atoms with Gasteiger partial charge in [0.25, 0.3) is 5.56 Å². The molecule has 1 aromatic heterocycles. The van der Waals surface area contributed by atoms with E-state index in [1.807, 2.05) is 51.7 Å². The second-order valence-electron chi connectivity index (χ2n) is 12.7. The van der Waals surface area contributed by atoms with Crippen LogP contribution in [0.25, 0.3) is 11.1 Å². The highest BCUT2D eigenvalue weighted by atomic mass is 19.1. The zero-order valence-corrected chi connectivity index (χ0v) is 26.4. The summed E-state index contributed by atoms with van der Waals surface area (Å²) in [6, 6.07) is 8.47. The van der Waals surface area contributed by atoms with Gasteiger partial charge in [0.05, 0.1) is 12.5 Å². The van der Waals surface area contributed by atoms with Crippen molar-refractivity contribution in [2.45, 2.75) is 79.1 Å². The maximum atomic E-state index is 15.7. The standard InChI is InChI=1S/C35H43F2N3O4/c1-20(2)11-30(40-17-25(7-8-31(40)41)9-10-39-18-27(36)19-39)35(44)38-29(16-32(42)43)28-15-26(14-24(6)34(28)37)33-22(4)12-21(3)13-23(33)5/h7-8,12-15,17,20,27,29-30H,9-11,16,18-19H2,1-6H3,(H,38,44)(H,42,43). The van der Waals surface area contributed by atoms with Crippen LogP contribution < -0.4 is 10.9 Å². The number of likely N-dealkylation sites (tertiary alicyclic amines) is 1. The third-order valence-electron chi connectivity index (χ3n) is 8.28. The molecule has 236 valence electrons. The number of carboxylic acids is 1. The molecule has 2 heterocycles. The molecular formula is C35H43F2N3O4. The van der Waals surface area contributed by atoms with Crippen molar-refractivity contribution < 1.29 is 23.5 Å². The van der Waals surface area contributed by atoms with Crippen LogP contribution in [0.4, 0.5) is 8.78 Å². The lowest BCUT2D eigenvalue weighted by Gasteiger charge is -2.34. The minimum absolute atomic E-state index is 0.0246. The van der Waals surface area contributed by atoms with Crippen molar-refractivity contribution in [2.24, 2.45) is 5.92 Å². The minimum atomic E-state index is -1.19. The van der Waals surface area contributed by atoms with E-state index in [9.17, 15) is 23.9 Å². The number of nitrogens with zero attached hydrogens (tertiary/aromatic N) is 2. The van der Waals surface area contributed by atoms with Crippen LogP contribution in [0.2, 0.25) is 0 Å². The second kappa shape index (κ2) is 13.8. The molecule has 0 aliphatic carbocycles. The molecule has 9 heteroatoms. The zero-order valence-electron chi connectivity index (χ0n) is 26.4. The molecule has 0 spiro atoms. The Labute approximate surface area is 257 Å². The van der Waals surface area contributed by atoms with Gasteiger partial charge in [0.2, 0.25) is 5.91 Å². The summed E-state index contributed by atoms with van der Waals surface area (Å²) in [5.74, 6) is -2.31. The molecule has 0 bridgehead atoms. The molecule has 0 radical (unpaired) electrons. The van der Waals surface area contributed by atoms with Crippen molar-refractivity contribution in [3.63, 3.8) is 0 Å². The average Bonchev–Trinajstić information content (AvgIpc) is 2.90. The average molecular weight is 608 g/mol. The molecule has 1 fully saturated rings. The van der Waals surface area contributed by atoms with E-state index in [0.29, 0.717) is 38.0 Å². The molecule has 44 heavy (non-hydrogen) atoms. The summed E-state index contributed by atoms with van der Waals surface area (Å²) in [7, 11) is 0. The van der Waals surface area contributed by atoms with Crippen molar-refractivity contribution >= 4 is 11.9 Å². The van der Waals surface area contributed by atoms with E-state index >= 15 is 4.39 Å². The number of aryl methyl sites for hydroxylation is 4. The maximum absolute atomic E-state index is 15.7. The monoisotopic (exact) mass is 607 g/mol. The number of benzene rings is 2. The Hall–Kier alpha value is -3.85. The number of rotatable bonds is 12. The van der Waals surface area contributed by atoms with Crippen molar-refractivity contribution in [1.82, 2.24) is 14.8 Å². The van der Waals surface area contributed by atoms with Gasteiger partial charge in [-0.2, -0.15) is 0 Å².